The molecule has 4 nitrogen and oxygen atoms in total. The molecule has 1 aromatic heterocycles. The first-order valence-corrected chi connectivity index (χ1v) is 8.82. The molecule has 0 radical (unpaired) electrons. The Labute approximate surface area is 152 Å². The summed E-state index contributed by atoms with van der Waals surface area (Å²) in [4.78, 5) is 12.3. The van der Waals surface area contributed by atoms with Crippen LogP contribution in [0.4, 0.5) is 0 Å². The van der Waals surface area contributed by atoms with Crippen LogP contribution in [0.5, 0.6) is 0 Å². The third-order valence-electron chi connectivity index (χ3n) is 4.36. The zero-order valence-corrected chi connectivity index (χ0v) is 14.6. The molecule has 25 heavy (non-hydrogen) atoms. The lowest BCUT2D eigenvalue weighted by atomic mass is 9.95. The standard InChI is InChI=1S/C20H19ClN2O2/c21-18-9-5-4-8-17(18)19-11-10-16(25-19)12-14(13-22)20(24)23-15-6-2-1-3-7-15/h4-5,8-12,15H,1-3,6-7H2,(H,23,24)/b14-12+. The monoisotopic (exact) mass is 354 g/mol. The molecule has 0 spiro atoms. The highest BCUT2D eigenvalue weighted by atomic mass is 35.5. The number of carbonyl (C=O) groups is 1. The lowest BCUT2D eigenvalue weighted by Gasteiger charge is -2.22. The summed E-state index contributed by atoms with van der Waals surface area (Å²) in [5.74, 6) is 0.706. The lowest BCUT2D eigenvalue weighted by Crippen LogP contribution is -2.36. The van der Waals surface area contributed by atoms with E-state index in [-0.39, 0.29) is 17.5 Å². The van der Waals surface area contributed by atoms with Gasteiger partial charge in [0.25, 0.3) is 5.91 Å². The third-order valence-corrected chi connectivity index (χ3v) is 4.69. The number of benzene rings is 1. The van der Waals surface area contributed by atoms with Gasteiger partial charge in [-0.25, -0.2) is 0 Å². The molecule has 0 bridgehead atoms. The number of hydrogen-bond acceptors (Lipinski definition) is 3. The van der Waals surface area contributed by atoms with Gasteiger partial charge in [0, 0.05) is 17.7 Å². The summed E-state index contributed by atoms with van der Waals surface area (Å²) in [5, 5.41) is 12.8. The predicted octanol–water partition coefficient (Wildman–Crippen LogP) is 4.96. The zero-order chi connectivity index (χ0) is 17.6. The number of carbonyl (C=O) groups excluding carboxylic acids is 1. The summed E-state index contributed by atoms with van der Waals surface area (Å²) in [6.07, 6.45) is 6.87. The van der Waals surface area contributed by atoms with Crippen molar-refractivity contribution in [2.45, 2.75) is 38.1 Å². The molecule has 128 valence electrons. The molecule has 0 atom stereocenters. The van der Waals surface area contributed by atoms with Crippen LogP contribution in [0, 0.1) is 11.3 Å². The van der Waals surface area contributed by atoms with Gasteiger partial charge in [0.1, 0.15) is 23.2 Å². The second-order valence-electron chi connectivity index (χ2n) is 6.16. The maximum atomic E-state index is 12.3. The number of nitrogens with zero attached hydrogens (tertiary/aromatic N) is 1. The fraction of sp³-hybridized carbons (Fsp3) is 0.300. The molecule has 1 aliphatic carbocycles. The van der Waals surface area contributed by atoms with E-state index in [1.54, 1.807) is 18.2 Å². The number of hydrogen-bond donors (Lipinski definition) is 1. The summed E-state index contributed by atoms with van der Waals surface area (Å²) in [6.45, 7) is 0. The average Bonchev–Trinajstić information content (AvgIpc) is 3.09. The van der Waals surface area contributed by atoms with Crippen LogP contribution in [-0.2, 0) is 4.79 Å². The summed E-state index contributed by atoms with van der Waals surface area (Å²) in [7, 11) is 0. The van der Waals surface area contributed by atoms with Gasteiger partial charge in [-0.2, -0.15) is 5.26 Å². The number of nitriles is 1. The van der Waals surface area contributed by atoms with Crippen molar-refractivity contribution in [3.05, 3.63) is 52.8 Å². The van der Waals surface area contributed by atoms with Gasteiger partial charge in [-0.15, -0.1) is 0 Å². The Morgan fingerprint density at radius 2 is 1.96 bits per heavy atom. The SMILES string of the molecule is N#C/C(=C\c1ccc(-c2ccccc2Cl)o1)C(=O)NC1CCCCC1. The molecule has 1 heterocycles. The smallest absolute Gasteiger partial charge is 0.262 e. The van der Waals surface area contributed by atoms with Crippen molar-refractivity contribution >= 4 is 23.6 Å². The van der Waals surface area contributed by atoms with Gasteiger partial charge in [0.15, 0.2) is 0 Å². The highest BCUT2D eigenvalue weighted by molar-refractivity contribution is 6.33. The van der Waals surface area contributed by atoms with E-state index in [0.717, 1.165) is 31.2 Å². The molecule has 5 heteroatoms. The largest absolute Gasteiger partial charge is 0.457 e. The van der Waals surface area contributed by atoms with Crippen molar-refractivity contribution in [3.8, 4) is 17.4 Å². The van der Waals surface area contributed by atoms with Gasteiger partial charge in [0.2, 0.25) is 0 Å². The molecule has 2 aromatic rings. The van der Waals surface area contributed by atoms with Gasteiger partial charge < -0.3 is 9.73 Å². The molecular formula is C20H19ClN2O2. The first kappa shape index (κ1) is 17.3. The Kier molecular flexibility index (Phi) is 5.57. The second-order valence-corrected chi connectivity index (χ2v) is 6.57. The van der Waals surface area contributed by atoms with Crippen LogP contribution in [0.3, 0.4) is 0 Å². The van der Waals surface area contributed by atoms with E-state index in [1.807, 2.05) is 24.3 Å². The molecule has 1 aromatic carbocycles. The van der Waals surface area contributed by atoms with Crippen LogP contribution < -0.4 is 5.32 Å². The van der Waals surface area contributed by atoms with Crippen molar-refractivity contribution in [2.24, 2.45) is 0 Å². The van der Waals surface area contributed by atoms with Gasteiger partial charge in [-0.05, 0) is 37.1 Å². The van der Waals surface area contributed by atoms with E-state index in [4.69, 9.17) is 16.0 Å². The predicted molar refractivity (Wildman–Crippen MR) is 97.8 cm³/mol. The molecule has 0 unspecified atom stereocenters. The molecule has 3 rings (SSSR count). The Morgan fingerprint density at radius 1 is 1.20 bits per heavy atom. The van der Waals surface area contributed by atoms with Crippen LogP contribution in [-0.4, -0.2) is 11.9 Å². The molecule has 1 aliphatic rings. The first-order valence-electron chi connectivity index (χ1n) is 8.45. The molecule has 1 saturated carbocycles. The van der Waals surface area contributed by atoms with Gasteiger partial charge in [-0.1, -0.05) is 43.0 Å². The van der Waals surface area contributed by atoms with Crippen molar-refractivity contribution in [1.29, 1.82) is 5.26 Å². The molecule has 0 aliphatic heterocycles. The number of rotatable bonds is 4. The zero-order valence-electron chi connectivity index (χ0n) is 13.8. The second kappa shape index (κ2) is 8.04. The summed E-state index contributed by atoms with van der Waals surface area (Å²) >= 11 is 6.17. The van der Waals surface area contributed by atoms with Crippen LogP contribution in [0.15, 0.2) is 46.4 Å². The van der Waals surface area contributed by atoms with E-state index >= 15 is 0 Å². The van der Waals surface area contributed by atoms with Crippen LogP contribution in [0.2, 0.25) is 5.02 Å². The molecule has 1 fully saturated rings. The lowest BCUT2D eigenvalue weighted by molar-refractivity contribution is -0.117. The minimum Gasteiger partial charge on any atom is -0.457 e. The minimum atomic E-state index is -0.343. The van der Waals surface area contributed by atoms with E-state index < -0.39 is 0 Å². The molecule has 1 N–H and O–H groups in total. The highest BCUT2D eigenvalue weighted by Gasteiger charge is 2.18. The first-order chi connectivity index (χ1) is 12.2. The molecule has 1 amide bonds. The molecular weight excluding hydrogens is 336 g/mol. The van der Waals surface area contributed by atoms with E-state index in [0.29, 0.717) is 16.5 Å². The van der Waals surface area contributed by atoms with E-state index in [1.165, 1.54) is 12.5 Å². The van der Waals surface area contributed by atoms with Crippen molar-refractivity contribution in [1.82, 2.24) is 5.32 Å². The van der Waals surface area contributed by atoms with E-state index in [9.17, 15) is 10.1 Å². The quantitative estimate of drug-likeness (QED) is 0.623. The topological polar surface area (TPSA) is 66.0 Å². The Morgan fingerprint density at radius 3 is 2.68 bits per heavy atom. The number of amides is 1. The summed E-state index contributed by atoms with van der Waals surface area (Å²) < 4.78 is 5.73. The van der Waals surface area contributed by atoms with Crippen LogP contribution in [0.1, 0.15) is 37.9 Å². The van der Waals surface area contributed by atoms with Crippen molar-refractivity contribution < 1.29 is 9.21 Å². The van der Waals surface area contributed by atoms with Gasteiger partial charge in [-0.3, -0.25) is 4.79 Å². The van der Waals surface area contributed by atoms with E-state index in [2.05, 4.69) is 5.32 Å². The fourth-order valence-electron chi connectivity index (χ4n) is 3.04. The normalized spacial score (nSPS) is 15.6. The number of nitrogens with one attached hydrogen (secondary N) is 1. The number of furan rings is 1. The Balaban J connectivity index is 1.75. The van der Waals surface area contributed by atoms with Crippen LogP contribution >= 0.6 is 11.6 Å². The third kappa shape index (κ3) is 4.32. The summed E-state index contributed by atoms with van der Waals surface area (Å²) in [6, 6.07) is 13.0. The fourth-order valence-corrected chi connectivity index (χ4v) is 3.27. The van der Waals surface area contributed by atoms with Crippen LogP contribution in [0.25, 0.3) is 17.4 Å². The maximum Gasteiger partial charge on any atom is 0.262 e. The maximum absolute atomic E-state index is 12.3. The van der Waals surface area contributed by atoms with Crippen molar-refractivity contribution in [3.63, 3.8) is 0 Å². The average molecular weight is 355 g/mol. The number of halogens is 1. The Bertz CT molecular complexity index is 826. The Hall–Kier alpha value is -2.51. The summed E-state index contributed by atoms with van der Waals surface area (Å²) in [5.41, 5.74) is 0.819. The van der Waals surface area contributed by atoms with Gasteiger partial charge >= 0.3 is 0 Å². The van der Waals surface area contributed by atoms with Crippen molar-refractivity contribution in [2.75, 3.05) is 0 Å². The minimum absolute atomic E-state index is 0.0469. The highest BCUT2D eigenvalue weighted by Crippen LogP contribution is 2.29. The van der Waals surface area contributed by atoms with Gasteiger partial charge in [0.05, 0.1) is 5.02 Å². The molecule has 0 saturated heterocycles.